The zero-order valence-electron chi connectivity index (χ0n) is 16.5. The van der Waals surface area contributed by atoms with Crippen molar-refractivity contribution >= 4 is 6.09 Å². The summed E-state index contributed by atoms with van der Waals surface area (Å²) in [6, 6.07) is 0. The van der Waals surface area contributed by atoms with Gasteiger partial charge in [-0.15, -0.1) is 0 Å². The molecule has 4 fully saturated rings. The van der Waals surface area contributed by atoms with Gasteiger partial charge in [0.1, 0.15) is 30.0 Å². The summed E-state index contributed by atoms with van der Waals surface area (Å²) < 4.78 is 36.0. The summed E-state index contributed by atoms with van der Waals surface area (Å²) in [4.78, 5) is 14.6. The van der Waals surface area contributed by atoms with Crippen molar-refractivity contribution in [2.75, 3.05) is 13.2 Å². The highest BCUT2D eigenvalue weighted by Crippen LogP contribution is 2.54. The zero-order chi connectivity index (χ0) is 19.1. The Balaban J connectivity index is 1.69. The second-order valence-corrected chi connectivity index (χ2v) is 9.34. The number of piperidine rings is 1. The number of likely N-dealkylation sites (tertiary alicyclic amines) is 1. The number of carbonyl (C=O) groups excluding carboxylic acids is 1. The van der Waals surface area contributed by atoms with Gasteiger partial charge in [-0.3, -0.25) is 4.90 Å². The van der Waals surface area contributed by atoms with Gasteiger partial charge in [-0.2, -0.15) is 0 Å². The summed E-state index contributed by atoms with van der Waals surface area (Å²) in [5.74, 6) is -1.50. The largest absolute Gasteiger partial charge is 0.444 e. The topological polar surface area (TPSA) is 75.7 Å². The minimum Gasteiger partial charge on any atom is -0.444 e. The number of rotatable bonds is 1. The third-order valence-corrected chi connectivity index (χ3v) is 5.11. The van der Waals surface area contributed by atoms with Crippen LogP contribution in [0, 0.1) is 0 Å². The molecule has 0 aliphatic carbocycles. The van der Waals surface area contributed by atoms with Crippen molar-refractivity contribution in [1.29, 1.82) is 0 Å². The van der Waals surface area contributed by atoms with Gasteiger partial charge in [-0.1, -0.05) is 0 Å². The van der Waals surface area contributed by atoms with Gasteiger partial charge in [0, 0.05) is 0 Å². The summed E-state index contributed by atoms with van der Waals surface area (Å²) in [6.07, 6.45) is -1.95. The van der Waals surface area contributed by atoms with Crippen LogP contribution in [-0.2, 0) is 28.4 Å². The zero-order valence-corrected chi connectivity index (χ0v) is 16.5. The van der Waals surface area contributed by atoms with Gasteiger partial charge in [0.05, 0.1) is 13.2 Å². The van der Waals surface area contributed by atoms with Crippen LogP contribution in [0.4, 0.5) is 4.79 Å². The van der Waals surface area contributed by atoms with Crippen LogP contribution >= 0.6 is 0 Å². The lowest BCUT2D eigenvalue weighted by molar-refractivity contribution is -0.247. The molecule has 4 saturated heterocycles. The molecule has 26 heavy (non-hydrogen) atoms. The molecule has 0 spiro atoms. The lowest BCUT2D eigenvalue weighted by Gasteiger charge is -2.43. The Hall–Kier alpha value is -0.930. The van der Waals surface area contributed by atoms with E-state index in [2.05, 4.69) is 0 Å². The van der Waals surface area contributed by atoms with E-state index in [1.807, 2.05) is 48.5 Å². The van der Waals surface area contributed by atoms with Crippen LogP contribution in [0.1, 0.15) is 48.5 Å². The van der Waals surface area contributed by atoms with E-state index in [1.54, 1.807) is 4.90 Å². The fourth-order valence-corrected chi connectivity index (χ4v) is 4.30. The van der Waals surface area contributed by atoms with Crippen LogP contribution in [0.3, 0.4) is 0 Å². The molecule has 4 aliphatic rings. The molecule has 1 unspecified atom stereocenters. The second kappa shape index (κ2) is 5.32. The maximum absolute atomic E-state index is 13.0. The summed E-state index contributed by atoms with van der Waals surface area (Å²) in [5.41, 5.74) is -1.74. The van der Waals surface area contributed by atoms with Crippen LogP contribution < -0.4 is 0 Å². The molecular formula is C18H29NO7. The summed E-state index contributed by atoms with van der Waals surface area (Å²) in [5, 5.41) is 0. The highest BCUT2D eigenvalue weighted by atomic mass is 16.8. The minimum absolute atomic E-state index is 0.254. The highest BCUT2D eigenvalue weighted by Gasteiger charge is 2.75. The molecular weight excluding hydrogens is 342 g/mol. The first-order chi connectivity index (χ1) is 11.8. The Morgan fingerprint density at radius 3 is 2.31 bits per heavy atom. The van der Waals surface area contributed by atoms with E-state index >= 15 is 0 Å². The normalized spacial score (nSPS) is 43.0. The van der Waals surface area contributed by atoms with E-state index in [9.17, 15) is 4.79 Å². The van der Waals surface area contributed by atoms with E-state index in [0.29, 0.717) is 13.2 Å². The molecule has 0 N–H and O–H groups in total. The van der Waals surface area contributed by atoms with Crippen molar-refractivity contribution in [3.63, 3.8) is 0 Å². The predicted molar refractivity (Wildman–Crippen MR) is 89.3 cm³/mol. The average molecular weight is 371 g/mol. The van der Waals surface area contributed by atoms with E-state index in [-0.39, 0.29) is 12.2 Å². The number of carbonyl (C=O) groups is 1. The third-order valence-electron chi connectivity index (χ3n) is 5.11. The van der Waals surface area contributed by atoms with Gasteiger partial charge in [0.2, 0.25) is 5.72 Å². The number of nitrogens with zero attached hydrogens (tertiary/aromatic N) is 1. The quantitative estimate of drug-likeness (QED) is 0.698. The predicted octanol–water partition coefficient (Wildman–Crippen LogP) is 2.00. The van der Waals surface area contributed by atoms with Gasteiger partial charge in [-0.25, -0.2) is 4.79 Å². The van der Waals surface area contributed by atoms with Gasteiger partial charge in [0.15, 0.2) is 11.6 Å². The van der Waals surface area contributed by atoms with Crippen LogP contribution in [0.5, 0.6) is 0 Å². The average Bonchev–Trinajstić information content (AvgIpc) is 3.14. The number of fused-ring (bicyclic) bond motifs is 5. The van der Waals surface area contributed by atoms with Gasteiger partial charge >= 0.3 is 6.09 Å². The Labute approximate surface area is 154 Å². The van der Waals surface area contributed by atoms with Crippen LogP contribution in [0.25, 0.3) is 0 Å². The van der Waals surface area contributed by atoms with Crippen LogP contribution in [-0.4, -0.2) is 71.5 Å². The second-order valence-electron chi connectivity index (χ2n) is 9.34. The SMILES string of the molecule is CC(C)(C)OC(=O)N1C[C@H]2O[C@]1(C1COC(C)(C)O1)[C@@H]1OC(C)(C)O[C@@H]12. The van der Waals surface area contributed by atoms with Crippen molar-refractivity contribution < 1.29 is 33.2 Å². The van der Waals surface area contributed by atoms with Gasteiger partial charge < -0.3 is 28.4 Å². The first-order valence-corrected chi connectivity index (χ1v) is 9.19. The number of hydrogen-bond acceptors (Lipinski definition) is 7. The summed E-state index contributed by atoms with van der Waals surface area (Å²) >= 11 is 0. The molecule has 5 atom stereocenters. The molecule has 8 nitrogen and oxygen atoms in total. The lowest BCUT2D eigenvalue weighted by Crippen LogP contribution is -2.66. The van der Waals surface area contributed by atoms with Crippen molar-refractivity contribution in [2.24, 2.45) is 0 Å². The number of hydrogen-bond donors (Lipinski definition) is 0. The van der Waals surface area contributed by atoms with Crippen molar-refractivity contribution in [3.05, 3.63) is 0 Å². The molecule has 0 aromatic heterocycles. The Kier molecular flexibility index (Phi) is 3.77. The third kappa shape index (κ3) is 2.74. The Morgan fingerprint density at radius 2 is 1.73 bits per heavy atom. The van der Waals surface area contributed by atoms with E-state index in [4.69, 9.17) is 28.4 Å². The standard InChI is InChI=1S/C18H29NO7/c1-15(2,3)26-14(20)19-8-10-12-13(25-17(6,7)24-12)18(19,22-10)11-9-21-16(4,5)23-11/h10-13H,8-9H2,1-7H3/t10-,11?,12-,13-,18-/m1/s1. The molecule has 4 aliphatic heterocycles. The van der Waals surface area contributed by atoms with Crippen LogP contribution in [0.2, 0.25) is 0 Å². The molecule has 148 valence electrons. The molecule has 2 bridgehead atoms. The monoisotopic (exact) mass is 371 g/mol. The molecule has 0 radical (unpaired) electrons. The lowest BCUT2D eigenvalue weighted by atomic mass is 9.91. The van der Waals surface area contributed by atoms with E-state index < -0.39 is 41.2 Å². The highest BCUT2D eigenvalue weighted by molar-refractivity contribution is 5.70. The molecule has 8 heteroatoms. The first kappa shape index (κ1) is 18.4. The Bertz CT molecular complexity index is 613. The molecule has 0 aromatic carbocycles. The van der Waals surface area contributed by atoms with Crippen LogP contribution in [0.15, 0.2) is 0 Å². The van der Waals surface area contributed by atoms with Crippen molar-refractivity contribution in [1.82, 2.24) is 4.90 Å². The Morgan fingerprint density at radius 1 is 1.04 bits per heavy atom. The summed E-state index contributed by atoms with van der Waals surface area (Å²) in [7, 11) is 0. The fourth-order valence-electron chi connectivity index (χ4n) is 4.30. The number of amides is 1. The van der Waals surface area contributed by atoms with Gasteiger partial charge in [-0.05, 0) is 48.5 Å². The van der Waals surface area contributed by atoms with Gasteiger partial charge in [0.25, 0.3) is 0 Å². The maximum atomic E-state index is 13.0. The maximum Gasteiger partial charge on any atom is 0.412 e. The molecule has 4 rings (SSSR count). The molecule has 0 aromatic rings. The molecule has 4 heterocycles. The van der Waals surface area contributed by atoms with Crippen molar-refractivity contribution in [3.8, 4) is 0 Å². The van der Waals surface area contributed by atoms with E-state index in [1.165, 1.54) is 0 Å². The molecule has 1 amide bonds. The molecule has 0 saturated carbocycles. The first-order valence-electron chi connectivity index (χ1n) is 9.19. The fraction of sp³-hybridized carbons (Fsp3) is 0.944. The smallest absolute Gasteiger partial charge is 0.412 e. The minimum atomic E-state index is -1.13. The van der Waals surface area contributed by atoms with E-state index in [0.717, 1.165) is 0 Å². The number of ether oxygens (including phenoxy) is 6. The summed E-state index contributed by atoms with van der Waals surface area (Å²) in [6.45, 7) is 13.6. The van der Waals surface area contributed by atoms with Crippen molar-refractivity contribution in [2.45, 2.75) is 95.8 Å².